The molecule has 1 saturated carbocycles. The van der Waals surface area contributed by atoms with Gasteiger partial charge in [0.15, 0.2) is 5.76 Å². The molecule has 0 amide bonds. The highest BCUT2D eigenvalue weighted by molar-refractivity contribution is 5.27. The van der Waals surface area contributed by atoms with Crippen molar-refractivity contribution in [3.05, 3.63) is 23.7 Å². The monoisotopic (exact) mass is 254 g/mol. The first-order valence-corrected chi connectivity index (χ1v) is 6.45. The van der Waals surface area contributed by atoms with Crippen molar-refractivity contribution < 1.29 is 18.9 Å². The molecule has 0 aromatic heterocycles. The quantitative estimate of drug-likeness (QED) is 0.683. The van der Waals surface area contributed by atoms with E-state index in [0.29, 0.717) is 5.92 Å². The van der Waals surface area contributed by atoms with Crippen LogP contribution in [0.15, 0.2) is 23.7 Å². The predicted octanol–water partition coefficient (Wildman–Crippen LogP) is 2.61. The van der Waals surface area contributed by atoms with E-state index in [4.69, 9.17) is 18.9 Å². The fraction of sp³-hybridized carbons (Fsp3) is 0.714. The van der Waals surface area contributed by atoms with Gasteiger partial charge in [-0.15, -0.1) is 0 Å². The molecule has 102 valence electrons. The Hall–Kier alpha value is -1.00. The summed E-state index contributed by atoms with van der Waals surface area (Å²) < 4.78 is 21.5. The zero-order chi connectivity index (χ0) is 13.0. The zero-order valence-corrected chi connectivity index (χ0v) is 11.3. The van der Waals surface area contributed by atoms with Crippen LogP contribution in [-0.4, -0.2) is 33.7 Å². The molecule has 1 unspecified atom stereocenters. The minimum Gasteiger partial charge on any atom is -0.505 e. The lowest BCUT2D eigenvalue weighted by Crippen LogP contribution is -2.16. The molecule has 4 heteroatoms. The first-order valence-electron chi connectivity index (χ1n) is 6.45. The Labute approximate surface area is 109 Å². The number of hydrogen-bond donors (Lipinski definition) is 0. The Balaban J connectivity index is 2.02. The molecular formula is C14H22O4. The molecule has 0 N–H and O–H groups in total. The lowest BCUT2D eigenvalue weighted by atomic mass is 9.96. The van der Waals surface area contributed by atoms with Gasteiger partial charge in [0.2, 0.25) is 6.29 Å². The Kier molecular flexibility index (Phi) is 4.66. The molecule has 2 rings (SSSR count). The van der Waals surface area contributed by atoms with Crippen molar-refractivity contribution in [2.45, 2.75) is 38.1 Å². The van der Waals surface area contributed by atoms with Crippen LogP contribution < -0.4 is 0 Å². The number of hydrogen-bond acceptors (Lipinski definition) is 4. The summed E-state index contributed by atoms with van der Waals surface area (Å²) in [7, 11) is 5.02. The summed E-state index contributed by atoms with van der Waals surface area (Å²) in [5.74, 6) is 1.44. The summed E-state index contributed by atoms with van der Waals surface area (Å²) in [4.78, 5) is 0. The second-order valence-corrected chi connectivity index (χ2v) is 4.68. The highest BCUT2D eigenvalue weighted by Crippen LogP contribution is 2.44. The normalized spacial score (nSPS) is 31.2. The molecule has 4 nitrogen and oxygen atoms in total. The molecule has 0 bridgehead atoms. The molecule has 0 saturated heterocycles. The summed E-state index contributed by atoms with van der Waals surface area (Å²) >= 11 is 0. The third-order valence-electron chi connectivity index (χ3n) is 3.70. The van der Waals surface area contributed by atoms with Gasteiger partial charge in [0.05, 0.1) is 26.6 Å². The first-order chi connectivity index (χ1) is 8.81. The van der Waals surface area contributed by atoms with Crippen LogP contribution in [0.1, 0.15) is 25.7 Å². The third kappa shape index (κ3) is 2.54. The fourth-order valence-corrected chi connectivity index (χ4v) is 2.91. The number of methoxy groups -OCH3 is 3. The molecular weight excluding hydrogens is 232 g/mol. The molecule has 0 spiro atoms. The molecule has 0 aromatic carbocycles. The molecule has 1 aliphatic heterocycles. The van der Waals surface area contributed by atoms with E-state index < -0.39 is 0 Å². The van der Waals surface area contributed by atoms with Crippen molar-refractivity contribution in [2.75, 3.05) is 21.3 Å². The maximum atomic E-state index is 5.83. The van der Waals surface area contributed by atoms with Crippen molar-refractivity contribution in [1.29, 1.82) is 0 Å². The van der Waals surface area contributed by atoms with E-state index in [1.807, 2.05) is 0 Å². The second-order valence-electron chi connectivity index (χ2n) is 4.68. The van der Waals surface area contributed by atoms with Crippen molar-refractivity contribution in [3.63, 3.8) is 0 Å². The molecule has 2 aliphatic rings. The van der Waals surface area contributed by atoms with Crippen LogP contribution in [0.25, 0.3) is 0 Å². The zero-order valence-electron chi connectivity index (χ0n) is 11.3. The van der Waals surface area contributed by atoms with Gasteiger partial charge in [0.25, 0.3) is 0 Å². The van der Waals surface area contributed by atoms with E-state index in [1.165, 1.54) is 12.0 Å². The molecule has 1 aliphatic carbocycles. The van der Waals surface area contributed by atoms with E-state index in [-0.39, 0.29) is 12.4 Å². The van der Waals surface area contributed by atoms with E-state index in [9.17, 15) is 0 Å². The Bertz CT molecular complexity index is 335. The minimum absolute atomic E-state index is 0.196. The molecule has 3 atom stereocenters. The van der Waals surface area contributed by atoms with E-state index in [0.717, 1.165) is 25.0 Å². The molecule has 1 fully saturated rings. The Morgan fingerprint density at radius 2 is 2.11 bits per heavy atom. The summed E-state index contributed by atoms with van der Waals surface area (Å²) in [5, 5.41) is 0. The highest BCUT2D eigenvalue weighted by Gasteiger charge is 2.43. The van der Waals surface area contributed by atoms with Gasteiger partial charge in [-0.1, -0.05) is 0 Å². The van der Waals surface area contributed by atoms with Crippen LogP contribution in [-0.2, 0) is 18.9 Å². The van der Waals surface area contributed by atoms with Crippen LogP contribution in [0, 0.1) is 5.92 Å². The SMILES string of the molecule is COC=CCC[C@@H]1CC[C@@H]2OC(OC)C(OC)=C12. The Morgan fingerprint density at radius 3 is 2.78 bits per heavy atom. The summed E-state index contributed by atoms with van der Waals surface area (Å²) in [6.07, 6.45) is 8.05. The van der Waals surface area contributed by atoms with Gasteiger partial charge in [-0.3, -0.25) is 0 Å². The number of allylic oxidation sites excluding steroid dienone is 1. The topological polar surface area (TPSA) is 36.9 Å². The van der Waals surface area contributed by atoms with Crippen LogP contribution in [0.3, 0.4) is 0 Å². The third-order valence-corrected chi connectivity index (χ3v) is 3.70. The van der Waals surface area contributed by atoms with Crippen molar-refractivity contribution in [3.8, 4) is 0 Å². The number of fused-ring (bicyclic) bond motifs is 1. The summed E-state index contributed by atoms with van der Waals surface area (Å²) in [5.41, 5.74) is 1.31. The second kappa shape index (κ2) is 6.25. The largest absolute Gasteiger partial charge is 0.505 e. The van der Waals surface area contributed by atoms with Crippen LogP contribution in [0.2, 0.25) is 0 Å². The maximum absolute atomic E-state index is 5.83. The molecule has 18 heavy (non-hydrogen) atoms. The van der Waals surface area contributed by atoms with Gasteiger partial charge in [0.1, 0.15) is 0 Å². The average molecular weight is 254 g/mol. The molecule has 1 heterocycles. The van der Waals surface area contributed by atoms with Crippen molar-refractivity contribution in [2.24, 2.45) is 5.92 Å². The highest BCUT2D eigenvalue weighted by atomic mass is 16.7. The van der Waals surface area contributed by atoms with Gasteiger partial charge >= 0.3 is 0 Å². The van der Waals surface area contributed by atoms with Gasteiger partial charge in [-0.05, 0) is 37.7 Å². The van der Waals surface area contributed by atoms with Gasteiger partial charge in [-0.25, -0.2) is 0 Å². The lowest BCUT2D eigenvalue weighted by molar-refractivity contribution is -0.121. The molecule has 0 radical (unpaired) electrons. The summed E-state index contributed by atoms with van der Waals surface area (Å²) in [6, 6.07) is 0. The van der Waals surface area contributed by atoms with Gasteiger partial charge in [0, 0.05) is 12.7 Å². The van der Waals surface area contributed by atoms with E-state index in [1.54, 1.807) is 27.6 Å². The maximum Gasteiger partial charge on any atom is 0.216 e. The smallest absolute Gasteiger partial charge is 0.216 e. The predicted molar refractivity (Wildman–Crippen MR) is 67.8 cm³/mol. The number of ether oxygens (including phenoxy) is 4. The summed E-state index contributed by atoms with van der Waals surface area (Å²) in [6.45, 7) is 0. The first kappa shape index (κ1) is 13.4. The lowest BCUT2D eigenvalue weighted by Gasteiger charge is -2.15. The van der Waals surface area contributed by atoms with E-state index in [2.05, 4.69) is 6.08 Å². The molecule has 0 aromatic rings. The van der Waals surface area contributed by atoms with E-state index >= 15 is 0 Å². The van der Waals surface area contributed by atoms with Gasteiger partial charge in [-0.2, -0.15) is 0 Å². The average Bonchev–Trinajstić information content (AvgIpc) is 2.93. The van der Waals surface area contributed by atoms with Gasteiger partial charge < -0.3 is 18.9 Å². The van der Waals surface area contributed by atoms with Crippen molar-refractivity contribution in [1.82, 2.24) is 0 Å². The van der Waals surface area contributed by atoms with Crippen LogP contribution in [0.5, 0.6) is 0 Å². The Morgan fingerprint density at radius 1 is 1.28 bits per heavy atom. The van der Waals surface area contributed by atoms with Crippen LogP contribution in [0.4, 0.5) is 0 Å². The van der Waals surface area contributed by atoms with Crippen molar-refractivity contribution >= 4 is 0 Å². The standard InChI is InChI=1S/C14H22O4/c1-15-9-5-4-6-10-7-8-11-12(10)13(16-2)14(17-3)18-11/h5,9-11,14H,4,6-8H2,1-3H3/t10-,11+,14?/m1/s1. The fourth-order valence-electron chi connectivity index (χ4n) is 2.91. The van der Waals surface area contributed by atoms with Crippen LogP contribution >= 0.6 is 0 Å². The minimum atomic E-state index is -0.313. The number of rotatable bonds is 6.